The molecule has 0 bridgehead atoms. The first-order chi connectivity index (χ1) is 9.33. The number of hydrogen-bond acceptors (Lipinski definition) is 1. The summed E-state index contributed by atoms with van der Waals surface area (Å²) >= 11 is 0. The third-order valence-electron chi connectivity index (χ3n) is 3.79. The predicted octanol–water partition coefficient (Wildman–Crippen LogP) is 4.39. The van der Waals surface area contributed by atoms with Crippen LogP contribution in [0.2, 0.25) is 0 Å². The Kier molecular flexibility index (Phi) is 3.45. The van der Waals surface area contributed by atoms with E-state index in [0.717, 1.165) is 6.42 Å². The van der Waals surface area contributed by atoms with Crippen molar-refractivity contribution >= 4 is 6.08 Å². The van der Waals surface area contributed by atoms with Crippen LogP contribution in [0, 0.1) is 0 Å². The molecule has 0 N–H and O–H groups in total. The molecular weight excluding hydrogens is 230 g/mol. The maximum Gasteiger partial charge on any atom is 0.0473 e. The lowest BCUT2D eigenvalue weighted by Gasteiger charge is -2.08. The van der Waals surface area contributed by atoms with Crippen molar-refractivity contribution in [2.24, 2.45) is 0 Å². The van der Waals surface area contributed by atoms with Gasteiger partial charge in [0.25, 0.3) is 0 Å². The average molecular weight is 249 g/mol. The van der Waals surface area contributed by atoms with E-state index in [2.05, 4.69) is 55.5 Å². The minimum absolute atomic E-state index is 0.367. The third kappa shape index (κ3) is 2.76. The maximum absolute atomic E-state index is 4.81. The third-order valence-corrected chi connectivity index (χ3v) is 3.79. The fourth-order valence-corrected chi connectivity index (χ4v) is 2.61. The normalized spacial score (nSPS) is 15.6. The zero-order chi connectivity index (χ0) is 13.1. The van der Waals surface area contributed by atoms with Gasteiger partial charge < -0.3 is 0 Å². The van der Waals surface area contributed by atoms with Gasteiger partial charge in [0.05, 0.1) is 0 Å². The number of allylic oxidation sites excluding steroid dienone is 1. The predicted molar refractivity (Wildman–Crippen MR) is 80.2 cm³/mol. The van der Waals surface area contributed by atoms with Crippen LogP contribution in [0.1, 0.15) is 41.8 Å². The van der Waals surface area contributed by atoms with Crippen LogP contribution in [-0.4, -0.2) is 4.98 Å². The van der Waals surface area contributed by atoms with Crippen molar-refractivity contribution in [3.05, 3.63) is 71.1 Å². The van der Waals surface area contributed by atoms with Crippen LogP contribution in [0.15, 0.2) is 48.5 Å². The van der Waals surface area contributed by atoms with Crippen LogP contribution in [0.5, 0.6) is 0 Å². The minimum atomic E-state index is 0.367. The second-order valence-corrected chi connectivity index (χ2v) is 5.25. The molecule has 1 aliphatic carbocycles. The lowest BCUT2D eigenvalue weighted by atomic mass is 10.0. The van der Waals surface area contributed by atoms with Crippen molar-refractivity contribution in [1.82, 2.24) is 4.98 Å². The van der Waals surface area contributed by atoms with Crippen LogP contribution < -0.4 is 0 Å². The van der Waals surface area contributed by atoms with Gasteiger partial charge in [0.1, 0.15) is 0 Å². The van der Waals surface area contributed by atoms with Crippen LogP contribution in [0.3, 0.4) is 0 Å². The van der Waals surface area contributed by atoms with Gasteiger partial charge >= 0.3 is 0 Å². The molecule has 0 radical (unpaired) electrons. The molecule has 19 heavy (non-hydrogen) atoms. The number of nitrogens with zero attached hydrogens (tertiary/aromatic N) is 1. The molecule has 1 nitrogen and oxygen atoms in total. The van der Waals surface area contributed by atoms with Crippen LogP contribution in [-0.2, 0) is 12.8 Å². The maximum atomic E-state index is 4.81. The molecule has 0 fully saturated rings. The Hall–Kier alpha value is -1.89. The van der Waals surface area contributed by atoms with E-state index in [0.29, 0.717) is 5.92 Å². The second kappa shape index (κ2) is 5.40. The molecule has 1 atom stereocenters. The SMILES string of the molecule is C[C@H](/C=C/c1ccccc1)c1ccc2c(n1)CCC2. The van der Waals surface area contributed by atoms with Gasteiger partial charge in [-0.05, 0) is 36.5 Å². The molecule has 1 aromatic heterocycles. The monoisotopic (exact) mass is 249 g/mol. The van der Waals surface area contributed by atoms with Gasteiger partial charge in [0.2, 0.25) is 0 Å². The second-order valence-electron chi connectivity index (χ2n) is 5.25. The van der Waals surface area contributed by atoms with Gasteiger partial charge in [0.15, 0.2) is 0 Å². The highest BCUT2D eigenvalue weighted by Crippen LogP contribution is 2.23. The topological polar surface area (TPSA) is 12.9 Å². The van der Waals surface area contributed by atoms with Gasteiger partial charge in [-0.15, -0.1) is 0 Å². The first-order valence-corrected chi connectivity index (χ1v) is 7.05. The Morgan fingerprint density at radius 2 is 1.89 bits per heavy atom. The summed E-state index contributed by atoms with van der Waals surface area (Å²) in [5, 5.41) is 0. The van der Waals surface area contributed by atoms with E-state index >= 15 is 0 Å². The average Bonchev–Trinajstić information content (AvgIpc) is 2.93. The molecule has 1 heterocycles. The highest BCUT2D eigenvalue weighted by molar-refractivity contribution is 5.50. The number of hydrogen-bond donors (Lipinski definition) is 0. The molecule has 1 aromatic carbocycles. The summed E-state index contributed by atoms with van der Waals surface area (Å²) in [6.45, 7) is 2.21. The zero-order valence-electron chi connectivity index (χ0n) is 11.3. The molecule has 1 heteroatoms. The summed E-state index contributed by atoms with van der Waals surface area (Å²) in [5.41, 5.74) is 5.20. The molecule has 0 aliphatic heterocycles. The molecule has 0 saturated heterocycles. The Morgan fingerprint density at radius 3 is 2.74 bits per heavy atom. The molecule has 0 unspecified atom stereocenters. The fraction of sp³-hybridized carbons (Fsp3) is 0.278. The number of fused-ring (bicyclic) bond motifs is 1. The van der Waals surface area contributed by atoms with E-state index < -0.39 is 0 Å². The van der Waals surface area contributed by atoms with Gasteiger partial charge in [-0.1, -0.05) is 55.5 Å². The quantitative estimate of drug-likeness (QED) is 0.786. The van der Waals surface area contributed by atoms with Crippen LogP contribution >= 0.6 is 0 Å². The van der Waals surface area contributed by atoms with Crippen molar-refractivity contribution in [1.29, 1.82) is 0 Å². The molecule has 96 valence electrons. The molecule has 0 saturated carbocycles. The van der Waals surface area contributed by atoms with E-state index in [-0.39, 0.29) is 0 Å². The van der Waals surface area contributed by atoms with Gasteiger partial charge in [0, 0.05) is 17.3 Å². The highest BCUT2D eigenvalue weighted by atomic mass is 14.7. The first kappa shape index (κ1) is 12.2. The molecule has 0 spiro atoms. The standard InChI is InChI=1S/C18H19N/c1-14(10-11-15-6-3-2-4-7-15)17-13-12-16-8-5-9-18(16)19-17/h2-4,6-7,10-14H,5,8-9H2,1H3/b11-10+/t14-/m1/s1. The van der Waals surface area contributed by atoms with Crippen molar-refractivity contribution in [2.45, 2.75) is 32.1 Å². The van der Waals surface area contributed by atoms with Gasteiger partial charge in [-0.3, -0.25) is 4.98 Å². The van der Waals surface area contributed by atoms with Crippen molar-refractivity contribution in [2.75, 3.05) is 0 Å². The number of rotatable bonds is 3. The van der Waals surface area contributed by atoms with E-state index in [1.807, 2.05) is 6.07 Å². The summed E-state index contributed by atoms with van der Waals surface area (Å²) in [5.74, 6) is 0.367. The van der Waals surface area contributed by atoms with Crippen LogP contribution in [0.4, 0.5) is 0 Å². The first-order valence-electron chi connectivity index (χ1n) is 7.05. The zero-order valence-corrected chi connectivity index (χ0v) is 11.3. The lowest BCUT2D eigenvalue weighted by molar-refractivity contribution is 0.866. The molecule has 2 aromatic rings. The largest absolute Gasteiger partial charge is 0.257 e. The Bertz CT molecular complexity index is 584. The lowest BCUT2D eigenvalue weighted by Crippen LogP contribution is -1.97. The van der Waals surface area contributed by atoms with E-state index in [1.165, 1.54) is 35.4 Å². The summed E-state index contributed by atoms with van der Waals surface area (Å²) in [6.07, 6.45) is 8.04. The number of benzene rings is 1. The van der Waals surface area contributed by atoms with Crippen molar-refractivity contribution < 1.29 is 0 Å². The number of pyridine rings is 1. The molecule has 1 aliphatic rings. The Labute approximate surface area is 115 Å². The summed E-state index contributed by atoms with van der Waals surface area (Å²) in [6, 6.07) is 14.9. The Morgan fingerprint density at radius 1 is 1.05 bits per heavy atom. The fourth-order valence-electron chi connectivity index (χ4n) is 2.61. The highest BCUT2D eigenvalue weighted by Gasteiger charge is 2.13. The minimum Gasteiger partial charge on any atom is -0.257 e. The van der Waals surface area contributed by atoms with Gasteiger partial charge in [-0.2, -0.15) is 0 Å². The number of aryl methyl sites for hydroxylation is 2. The van der Waals surface area contributed by atoms with Gasteiger partial charge in [-0.25, -0.2) is 0 Å². The van der Waals surface area contributed by atoms with Crippen LogP contribution in [0.25, 0.3) is 6.08 Å². The van der Waals surface area contributed by atoms with E-state index in [9.17, 15) is 0 Å². The van der Waals surface area contributed by atoms with E-state index in [4.69, 9.17) is 4.98 Å². The van der Waals surface area contributed by atoms with Crippen molar-refractivity contribution in [3.8, 4) is 0 Å². The molecular formula is C18H19N. The van der Waals surface area contributed by atoms with Crippen molar-refractivity contribution in [3.63, 3.8) is 0 Å². The summed E-state index contributed by atoms with van der Waals surface area (Å²) in [7, 11) is 0. The summed E-state index contributed by atoms with van der Waals surface area (Å²) in [4.78, 5) is 4.81. The van der Waals surface area contributed by atoms with E-state index in [1.54, 1.807) is 0 Å². The Balaban J connectivity index is 1.77. The molecule has 3 rings (SSSR count). The smallest absolute Gasteiger partial charge is 0.0473 e. The summed E-state index contributed by atoms with van der Waals surface area (Å²) < 4.78 is 0. The number of aromatic nitrogens is 1. The molecule has 0 amide bonds.